The third-order valence-electron chi connectivity index (χ3n) is 5.02. The molecule has 1 saturated heterocycles. The molecule has 3 rings (SSSR count). The van der Waals surface area contributed by atoms with E-state index in [1.807, 2.05) is 54.6 Å². The minimum atomic E-state index is -0.196. The lowest BCUT2D eigenvalue weighted by molar-refractivity contribution is -0.133. The van der Waals surface area contributed by atoms with Crippen LogP contribution in [0.2, 0.25) is 0 Å². The molecule has 0 bridgehead atoms. The number of nitrogens with one attached hydrogen (secondary N) is 1. The number of hydrogen-bond acceptors (Lipinski definition) is 4. The summed E-state index contributed by atoms with van der Waals surface area (Å²) in [5.74, 6) is -0.317. The number of nitrogens with zero attached hydrogens (tertiary/aromatic N) is 3. The highest BCUT2D eigenvalue weighted by atomic mass is 16.2. The summed E-state index contributed by atoms with van der Waals surface area (Å²) in [5.41, 5.74) is 2.91. The van der Waals surface area contributed by atoms with Crippen molar-refractivity contribution in [2.24, 2.45) is 0 Å². The van der Waals surface area contributed by atoms with Gasteiger partial charge in [0.15, 0.2) is 0 Å². The Labute approximate surface area is 166 Å². The maximum atomic E-state index is 12.4. The summed E-state index contributed by atoms with van der Waals surface area (Å²) in [4.78, 5) is 30.6. The summed E-state index contributed by atoms with van der Waals surface area (Å²) in [7, 11) is 2.14. The van der Waals surface area contributed by atoms with Gasteiger partial charge in [0.25, 0.3) is 0 Å². The highest BCUT2D eigenvalue weighted by Gasteiger charge is 2.16. The van der Waals surface area contributed by atoms with Gasteiger partial charge in [-0.2, -0.15) is 0 Å². The second kappa shape index (κ2) is 9.37. The van der Waals surface area contributed by atoms with Crippen LogP contribution in [-0.4, -0.2) is 61.4 Å². The van der Waals surface area contributed by atoms with Crippen molar-refractivity contribution in [1.82, 2.24) is 9.80 Å². The first-order chi connectivity index (χ1) is 13.5. The van der Waals surface area contributed by atoms with E-state index >= 15 is 0 Å². The number of carbonyl (C=O) groups excluding carboxylic acids is 2. The van der Waals surface area contributed by atoms with Gasteiger partial charge in [-0.05, 0) is 36.9 Å². The second-order valence-electron chi connectivity index (χ2n) is 7.25. The zero-order valence-corrected chi connectivity index (χ0v) is 16.6. The number of hydrogen-bond donors (Lipinski definition) is 1. The number of anilines is 2. The normalized spacial score (nSPS) is 14.6. The molecule has 0 saturated carbocycles. The standard InChI is InChI=1S/C22H28N4O2/c1-18(27)26(16-19-6-4-3-5-7-19)17-22(28)23-20-8-10-21(11-9-20)25-14-12-24(2)13-15-25/h3-11H,12-17H2,1-2H3,(H,23,28). The van der Waals surface area contributed by atoms with Crippen LogP contribution < -0.4 is 10.2 Å². The van der Waals surface area contributed by atoms with Crippen LogP contribution in [0.15, 0.2) is 54.6 Å². The predicted octanol–water partition coefficient (Wildman–Crippen LogP) is 2.43. The molecule has 1 fully saturated rings. The average Bonchev–Trinajstić information content (AvgIpc) is 2.69. The highest BCUT2D eigenvalue weighted by molar-refractivity contribution is 5.94. The van der Waals surface area contributed by atoms with E-state index in [4.69, 9.17) is 0 Å². The average molecular weight is 380 g/mol. The molecule has 28 heavy (non-hydrogen) atoms. The number of carbonyl (C=O) groups is 2. The molecular formula is C22H28N4O2. The maximum Gasteiger partial charge on any atom is 0.244 e. The van der Waals surface area contributed by atoms with Crippen LogP contribution in [-0.2, 0) is 16.1 Å². The fourth-order valence-electron chi connectivity index (χ4n) is 3.28. The molecule has 0 unspecified atom stereocenters. The molecule has 0 spiro atoms. The van der Waals surface area contributed by atoms with Crippen molar-refractivity contribution in [3.05, 3.63) is 60.2 Å². The Morgan fingerprint density at radius 1 is 0.964 bits per heavy atom. The lowest BCUT2D eigenvalue weighted by atomic mass is 10.2. The van der Waals surface area contributed by atoms with Crippen LogP contribution >= 0.6 is 0 Å². The number of amides is 2. The fourth-order valence-corrected chi connectivity index (χ4v) is 3.28. The van der Waals surface area contributed by atoms with E-state index in [-0.39, 0.29) is 18.4 Å². The quantitative estimate of drug-likeness (QED) is 0.836. The first-order valence-corrected chi connectivity index (χ1v) is 9.64. The van der Waals surface area contributed by atoms with Crippen molar-refractivity contribution in [2.45, 2.75) is 13.5 Å². The Bertz CT molecular complexity index is 784. The number of piperazine rings is 1. The Kier molecular flexibility index (Phi) is 6.66. The number of likely N-dealkylation sites (N-methyl/N-ethyl adjacent to an activating group) is 1. The Hall–Kier alpha value is -2.86. The van der Waals surface area contributed by atoms with E-state index in [0.29, 0.717) is 6.54 Å². The zero-order chi connectivity index (χ0) is 19.9. The van der Waals surface area contributed by atoms with Gasteiger partial charge in [0, 0.05) is 51.0 Å². The van der Waals surface area contributed by atoms with Crippen molar-refractivity contribution >= 4 is 23.2 Å². The Morgan fingerprint density at radius 3 is 2.21 bits per heavy atom. The van der Waals surface area contributed by atoms with E-state index in [1.54, 1.807) is 4.90 Å². The molecule has 2 aromatic carbocycles. The van der Waals surface area contributed by atoms with Crippen LogP contribution in [0.25, 0.3) is 0 Å². The summed E-state index contributed by atoms with van der Waals surface area (Å²) in [6.45, 7) is 6.07. The Morgan fingerprint density at radius 2 is 1.61 bits per heavy atom. The molecule has 1 N–H and O–H groups in total. The van der Waals surface area contributed by atoms with Crippen LogP contribution in [0.5, 0.6) is 0 Å². The van der Waals surface area contributed by atoms with Gasteiger partial charge in [0.05, 0.1) is 0 Å². The van der Waals surface area contributed by atoms with E-state index in [1.165, 1.54) is 12.6 Å². The largest absolute Gasteiger partial charge is 0.369 e. The molecule has 148 valence electrons. The van der Waals surface area contributed by atoms with Gasteiger partial charge in [-0.3, -0.25) is 9.59 Å². The van der Waals surface area contributed by atoms with Gasteiger partial charge in [-0.15, -0.1) is 0 Å². The molecule has 6 heteroatoms. The molecule has 1 heterocycles. The van der Waals surface area contributed by atoms with Crippen molar-refractivity contribution in [2.75, 3.05) is 50.0 Å². The van der Waals surface area contributed by atoms with E-state index in [2.05, 4.69) is 22.2 Å². The Balaban J connectivity index is 1.55. The summed E-state index contributed by atoms with van der Waals surface area (Å²) >= 11 is 0. The van der Waals surface area contributed by atoms with E-state index < -0.39 is 0 Å². The van der Waals surface area contributed by atoms with Gasteiger partial charge in [0.2, 0.25) is 11.8 Å². The zero-order valence-electron chi connectivity index (χ0n) is 16.6. The molecule has 0 radical (unpaired) electrons. The minimum absolute atomic E-state index is 0.0322. The van der Waals surface area contributed by atoms with Crippen LogP contribution in [0, 0.1) is 0 Å². The molecule has 0 aliphatic carbocycles. The third-order valence-corrected chi connectivity index (χ3v) is 5.02. The van der Waals surface area contributed by atoms with Crippen LogP contribution in [0.3, 0.4) is 0 Å². The predicted molar refractivity (Wildman–Crippen MR) is 112 cm³/mol. The lowest BCUT2D eigenvalue weighted by Crippen LogP contribution is -2.44. The fraction of sp³-hybridized carbons (Fsp3) is 0.364. The van der Waals surface area contributed by atoms with Gasteiger partial charge in [-0.1, -0.05) is 30.3 Å². The lowest BCUT2D eigenvalue weighted by Gasteiger charge is -2.34. The third kappa shape index (κ3) is 5.57. The molecule has 2 amide bonds. The topological polar surface area (TPSA) is 55.9 Å². The molecule has 0 aromatic heterocycles. The van der Waals surface area contributed by atoms with Gasteiger partial charge in [-0.25, -0.2) is 0 Å². The van der Waals surface area contributed by atoms with E-state index in [9.17, 15) is 9.59 Å². The molecule has 6 nitrogen and oxygen atoms in total. The first kappa shape index (κ1) is 19.9. The minimum Gasteiger partial charge on any atom is -0.369 e. The van der Waals surface area contributed by atoms with E-state index in [0.717, 1.165) is 37.4 Å². The summed E-state index contributed by atoms with van der Waals surface area (Å²) in [6.07, 6.45) is 0. The molecule has 2 aromatic rings. The van der Waals surface area contributed by atoms with Crippen LogP contribution in [0.4, 0.5) is 11.4 Å². The summed E-state index contributed by atoms with van der Waals surface area (Å²) < 4.78 is 0. The van der Waals surface area contributed by atoms with Gasteiger partial charge < -0.3 is 20.0 Å². The summed E-state index contributed by atoms with van der Waals surface area (Å²) in [6, 6.07) is 17.6. The van der Waals surface area contributed by atoms with Crippen LogP contribution in [0.1, 0.15) is 12.5 Å². The first-order valence-electron chi connectivity index (χ1n) is 9.64. The maximum absolute atomic E-state index is 12.4. The number of benzene rings is 2. The van der Waals surface area contributed by atoms with Crippen molar-refractivity contribution in [3.8, 4) is 0 Å². The smallest absolute Gasteiger partial charge is 0.244 e. The molecule has 0 atom stereocenters. The SMILES string of the molecule is CC(=O)N(CC(=O)Nc1ccc(N2CCN(C)CC2)cc1)Cc1ccccc1. The molecule has 1 aliphatic heterocycles. The van der Waals surface area contributed by atoms with Gasteiger partial charge in [0.1, 0.15) is 6.54 Å². The highest BCUT2D eigenvalue weighted by Crippen LogP contribution is 2.19. The van der Waals surface area contributed by atoms with Crippen molar-refractivity contribution < 1.29 is 9.59 Å². The summed E-state index contributed by atoms with van der Waals surface area (Å²) in [5, 5.41) is 2.89. The molecule has 1 aliphatic rings. The monoisotopic (exact) mass is 380 g/mol. The second-order valence-corrected chi connectivity index (χ2v) is 7.25. The molecular weight excluding hydrogens is 352 g/mol. The van der Waals surface area contributed by atoms with Gasteiger partial charge >= 0.3 is 0 Å². The van der Waals surface area contributed by atoms with Crippen molar-refractivity contribution in [1.29, 1.82) is 0 Å². The number of rotatable bonds is 6. The van der Waals surface area contributed by atoms with Crippen molar-refractivity contribution in [3.63, 3.8) is 0 Å².